The third-order valence-electron chi connectivity index (χ3n) is 5.26. The molecular formula is C20H28N4O3S. The van der Waals surface area contributed by atoms with E-state index in [-0.39, 0.29) is 17.6 Å². The van der Waals surface area contributed by atoms with Gasteiger partial charge in [-0.2, -0.15) is 0 Å². The van der Waals surface area contributed by atoms with Gasteiger partial charge in [-0.1, -0.05) is 13.8 Å². The number of H-pyrrole nitrogens is 1. The summed E-state index contributed by atoms with van der Waals surface area (Å²) in [6.07, 6.45) is 1.98. The van der Waals surface area contributed by atoms with E-state index in [1.54, 1.807) is 22.8 Å². The third kappa shape index (κ3) is 4.68. The lowest BCUT2D eigenvalue weighted by molar-refractivity contribution is 0.0948. The molecule has 1 atom stereocenters. The first-order valence-electron chi connectivity index (χ1n) is 9.92. The summed E-state index contributed by atoms with van der Waals surface area (Å²) >= 11 is 5.38. The molecule has 1 saturated heterocycles. The summed E-state index contributed by atoms with van der Waals surface area (Å²) in [5, 5.41) is 3.45. The third-order valence-corrected chi connectivity index (χ3v) is 5.58. The summed E-state index contributed by atoms with van der Waals surface area (Å²) in [4.78, 5) is 30.6. The highest BCUT2D eigenvalue weighted by Crippen LogP contribution is 2.15. The molecular weight excluding hydrogens is 376 g/mol. The smallest absolute Gasteiger partial charge is 0.262 e. The molecule has 1 aliphatic rings. The molecule has 1 aliphatic heterocycles. The maximum atomic E-state index is 12.8. The Bertz CT molecular complexity index is 943. The Kier molecular flexibility index (Phi) is 6.98. The fourth-order valence-corrected chi connectivity index (χ4v) is 3.79. The van der Waals surface area contributed by atoms with Crippen molar-refractivity contribution in [3.05, 3.63) is 38.9 Å². The quantitative estimate of drug-likeness (QED) is 0.660. The van der Waals surface area contributed by atoms with Gasteiger partial charge in [-0.3, -0.25) is 14.2 Å². The fourth-order valence-electron chi connectivity index (χ4n) is 3.52. The Labute approximate surface area is 169 Å². The number of nitrogens with one attached hydrogen (secondary N) is 2. The van der Waals surface area contributed by atoms with Crippen LogP contribution >= 0.6 is 12.2 Å². The Morgan fingerprint density at radius 2 is 2.18 bits per heavy atom. The number of benzene rings is 1. The monoisotopic (exact) mass is 404 g/mol. The summed E-state index contributed by atoms with van der Waals surface area (Å²) in [5.41, 5.74) is 0.937. The minimum Gasteiger partial charge on any atom is -0.376 e. The molecule has 0 aliphatic carbocycles. The zero-order valence-corrected chi connectivity index (χ0v) is 17.3. The van der Waals surface area contributed by atoms with E-state index in [4.69, 9.17) is 17.0 Å². The molecule has 3 rings (SSSR count). The normalized spacial score (nSPS) is 16.8. The fraction of sp³-hybridized carbons (Fsp3) is 0.550. The molecule has 1 fully saturated rings. The largest absolute Gasteiger partial charge is 0.376 e. The first-order chi connectivity index (χ1) is 13.5. The van der Waals surface area contributed by atoms with Crippen LogP contribution < -0.4 is 10.9 Å². The van der Waals surface area contributed by atoms with Crippen molar-refractivity contribution in [2.24, 2.45) is 0 Å². The summed E-state index contributed by atoms with van der Waals surface area (Å²) in [5.74, 6) is -0.156. The van der Waals surface area contributed by atoms with E-state index in [9.17, 15) is 9.59 Å². The van der Waals surface area contributed by atoms with Crippen LogP contribution in [0.25, 0.3) is 10.9 Å². The molecule has 2 heterocycles. The standard InChI is InChI=1S/C20H28N4O3S/c1-3-23(4-2)10-9-21-18(25)14-7-8-16-17(12-14)22-20(28)24(19(16)26)13-15-6-5-11-27-15/h7-8,12,15H,3-6,9-11,13H2,1-2H3,(H,21,25)(H,22,28)/t15-/m1/s1. The molecule has 2 N–H and O–H groups in total. The van der Waals surface area contributed by atoms with E-state index in [0.717, 1.165) is 39.1 Å². The van der Waals surface area contributed by atoms with Crippen molar-refractivity contribution in [3.63, 3.8) is 0 Å². The van der Waals surface area contributed by atoms with Crippen molar-refractivity contribution in [3.8, 4) is 0 Å². The minimum absolute atomic E-state index is 0.0288. The second-order valence-corrected chi connectivity index (χ2v) is 7.41. The number of fused-ring (bicyclic) bond motifs is 1. The summed E-state index contributed by atoms with van der Waals surface area (Å²) < 4.78 is 7.53. The molecule has 1 amide bonds. The first kappa shape index (κ1) is 20.7. The number of aromatic amines is 1. The van der Waals surface area contributed by atoms with Gasteiger partial charge >= 0.3 is 0 Å². The summed E-state index contributed by atoms with van der Waals surface area (Å²) in [6, 6.07) is 5.06. The molecule has 8 heteroatoms. The zero-order valence-electron chi connectivity index (χ0n) is 16.5. The van der Waals surface area contributed by atoms with Crippen LogP contribution in [0, 0.1) is 4.77 Å². The Hall–Kier alpha value is -2.03. The van der Waals surface area contributed by atoms with Crippen molar-refractivity contribution < 1.29 is 9.53 Å². The van der Waals surface area contributed by atoms with Crippen LogP contribution in [-0.2, 0) is 11.3 Å². The maximum absolute atomic E-state index is 12.8. The van der Waals surface area contributed by atoms with Gasteiger partial charge < -0.3 is 19.9 Å². The molecule has 7 nitrogen and oxygen atoms in total. The highest BCUT2D eigenvalue weighted by Gasteiger charge is 2.18. The first-order valence-corrected chi connectivity index (χ1v) is 10.3. The van der Waals surface area contributed by atoms with E-state index in [1.165, 1.54) is 0 Å². The molecule has 0 saturated carbocycles. The van der Waals surface area contributed by atoms with Gasteiger partial charge in [0.25, 0.3) is 11.5 Å². The van der Waals surface area contributed by atoms with Gasteiger partial charge in [0, 0.05) is 25.3 Å². The molecule has 1 aromatic carbocycles. The van der Waals surface area contributed by atoms with Gasteiger partial charge in [-0.25, -0.2) is 0 Å². The number of likely N-dealkylation sites (N-methyl/N-ethyl adjacent to an activating group) is 1. The van der Waals surface area contributed by atoms with Crippen molar-refractivity contribution in [1.29, 1.82) is 0 Å². The number of hydrogen-bond donors (Lipinski definition) is 2. The van der Waals surface area contributed by atoms with Gasteiger partial charge in [0.05, 0.1) is 23.6 Å². The number of carbonyl (C=O) groups is 1. The number of aromatic nitrogens is 2. The molecule has 1 aromatic heterocycles. The molecule has 0 unspecified atom stereocenters. The van der Waals surface area contributed by atoms with E-state index in [2.05, 4.69) is 29.0 Å². The van der Waals surface area contributed by atoms with Gasteiger partial charge in [-0.05, 0) is 56.3 Å². The average Bonchev–Trinajstić information content (AvgIpc) is 3.21. The number of nitrogens with zero attached hydrogens (tertiary/aromatic N) is 2. The second kappa shape index (κ2) is 9.45. The van der Waals surface area contributed by atoms with Crippen LogP contribution in [0.15, 0.2) is 23.0 Å². The van der Waals surface area contributed by atoms with Crippen LogP contribution in [0.1, 0.15) is 37.0 Å². The SMILES string of the molecule is CCN(CC)CCNC(=O)c1ccc2c(=O)n(C[C@H]3CCCO3)c(=S)[nH]c2c1. The number of carbonyl (C=O) groups excluding carboxylic acids is 1. The molecule has 0 bridgehead atoms. The second-order valence-electron chi connectivity index (χ2n) is 7.02. The van der Waals surface area contributed by atoms with E-state index < -0.39 is 0 Å². The lowest BCUT2D eigenvalue weighted by atomic mass is 10.1. The molecule has 152 valence electrons. The Morgan fingerprint density at radius 3 is 2.86 bits per heavy atom. The maximum Gasteiger partial charge on any atom is 0.262 e. The van der Waals surface area contributed by atoms with Gasteiger partial charge in [0.1, 0.15) is 0 Å². The van der Waals surface area contributed by atoms with Crippen LogP contribution in [0.3, 0.4) is 0 Å². The molecule has 0 radical (unpaired) electrons. The van der Waals surface area contributed by atoms with Crippen LogP contribution in [0.2, 0.25) is 0 Å². The van der Waals surface area contributed by atoms with E-state index in [0.29, 0.717) is 34.3 Å². The van der Waals surface area contributed by atoms with Gasteiger partial charge in [-0.15, -0.1) is 0 Å². The van der Waals surface area contributed by atoms with Crippen molar-refractivity contribution in [2.75, 3.05) is 32.8 Å². The topological polar surface area (TPSA) is 79.4 Å². The highest BCUT2D eigenvalue weighted by molar-refractivity contribution is 7.71. The Balaban J connectivity index is 1.77. The predicted molar refractivity (Wildman–Crippen MR) is 112 cm³/mol. The minimum atomic E-state index is -0.156. The number of amides is 1. The van der Waals surface area contributed by atoms with Crippen LogP contribution in [0.5, 0.6) is 0 Å². The number of ether oxygens (including phenoxy) is 1. The lowest BCUT2D eigenvalue weighted by Gasteiger charge is -2.18. The van der Waals surface area contributed by atoms with Crippen LogP contribution in [0.4, 0.5) is 0 Å². The molecule has 2 aromatic rings. The zero-order chi connectivity index (χ0) is 20.1. The Morgan fingerprint density at radius 1 is 1.39 bits per heavy atom. The van der Waals surface area contributed by atoms with Crippen molar-refractivity contribution in [2.45, 2.75) is 39.3 Å². The highest BCUT2D eigenvalue weighted by atomic mass is 32.1. The predicted octanol–water partition coefficient (Wildman–Crippen LogP) is 2.31. The summed E-state index contributed by atoms with van der Waals surface area (Å²) in [6.45, 7) is 8.69. The van der Waals surface area contributed by atoms with E-state index >= 15 is 0 Å². The van der Waals surface area contributed by atoms with E-state index in [1.807, 2.05) is 0 Å². The lowest BCUT2D eigenvalue weighted by Crippen LogP contribution is -2.34. The number of hydrogen-bond acceptors (Lipinski definition) is 5. The van der Waals surface area contributed by atoms with Crippen LogP contribution in [-0.4, -0.2) is 59.2 Å². The summed E-state index contributed by atoms with van der Waals surface area (Å²) in [7, 11) is 0. The molecule has 0 spiro atoms. The van der Waals surface area contributed by atoms with Crippen molar-refractivity contribution >= 4 is 29.0 Å². The molecule has 28 heavy (non-hydrogen) atoms. The van der Waals surface area contributed by atoms with Crippen molar-refractivity contribution in [1.82, 2.24) is 19.8 Å². The average molecular weight is 405 g/mol. The van der Waals surface area contributed by atoms with Gasteiger partial charge in [0.2, 0.25) is 0 Å². The number of rotatable bonds is 8. The van der Waals surface area contributed by atoms with Gasteiger partial charge in [0.15, 0.2) is 4.77 Å².